The van der Waals surface area contributed by atoms with Gasteiger partial charge in [0, 0.05) is 13.6 Å². The van der Waals surface area contributed by atoms with Crippen LogP contribution >= 0.6 is 0 Å². The molecule has 138 valence electrons. The van der Waals surface area contributed by atoms with Crippen molar-refractivity contribution >= 4 is 23.5 Å². The van der Waals surface area contributed by atoms with Crippen molar-refractivity contribution in [3.63, 3.8) is 0 Å². The Morgan fingerprint density at radius 1 is 1.23 bits per heavy atom. The molecule has 4 atom stereocenters. The molecular formula is C19H22FN3O3. The number of para-hydroxylation sites is 1. The second kappa shape index (κ2) is 5.53. The van der Waals surface area contributed by atoms with E-state index in [-0.39, 0.29) is 18.2 Å². The summed E-state index contributed by atoms with van der Waals surface area (Å²) in [4.78, 5) is 41.0. The van der Waals surface area contributed by atoms with E-state index in [0.717, 1.165) is 11.3 Å². The zero-order valence-electron chi connectivity index (χ0n) is 15.1. The van der Waals surface area contributed by atoms with Crippen LogP contribution in [0.5, 0.6) is 0 Å². The third-order valence-corrected chi connectivity index (χ3v) is 6.11. The molecule has 26 heavy (non-hydrogen) atoms. The molecule has 3 aliphatic heterocycles. The van der Waals surface area contributed by atoms with Crippen LogP contribution in [0.1, 0.15) is 25.8 Å². The van der Waals surface area contributed by atoms with Crippen molar-refractivity contribution in [2.75, 3.05) is 18.5 Å². The lowest BCUT2D eigenvalue weighted by atomic mass is 9.62. The summed E-state index contributed by atoms with van der Waals surface area (Å²) < 4.78 is 14.7. The molecule has 0 aromatic heterocycles. The van der Waals surface area contributed by atoms with Crippen molar-refractivity contribution in [3.05, 3.63) is 29.6 Å². The Kier molecular flexibility index (Phi) is 3.61. The van der Waals surface area contributed by atoms with Gasteiger partial charge >= 0.3 is 6.03 Å². The lowest BCUT2D eigenvalue weighted by Crippen LogP contribution is -2.73. The zero-order valence-corrected chi connectivity index (χ0v) is 15.1. The van der Waals surface area contributed by atoms with Gasteiger partial charge in [0.2, 0.25) is 11.8 Å². The number of piperidine rings is 1. The summed E-state index contributed by atoms with van der Waals surface area (Å²) in [7, 11) is 1.38. The van der Waals surface area contributed by atoms with Crippen molar-refractivity contribution in [1.82, 2.24) is 10.2 Å². The molecule has 6 nitrogen and oxygen atoms in total. The van der Waals surface area contributed by atoms with E-state index in [9.17, 15) is 18.8 Å². The van der Waals surface area contributed by atoms with Gasteiger partial charge in [0.1, 0.15) is 5.82 Å². The first-order valence-electron chi connectivity index (χ1n) is 8.95. The van der Waals surface area contributed by atoms with Gasteiger partial charge < -0.3 is 4.90 Å². The third kappa shape index (κ3) is 2.06. The molecule has 3 aliphatic rings. The van der Waals surface area contributed by atoms with Crippen LogP contribution in [0.4, 0.5) is 14.9 Å². The van der Waals surface area contributed by atoms with Crippen LogP contribution in [0.25, 0.3) is 0 Å². The molecule has 0 saturated carbocycles. The lowest BCUT2D eigenvalue weighted by Gasteiger charge is -2.56. The van der Waals surface area contributed by atoms with E-state index in [0.29, 0.717) is 23.7 Å². The highest BCUT2D eigenvalue weighted by atomic mass is 19.1. The quantitative estimate of drug-likeness (QED) is 0.719. The minimum atomic E-state index is -1.41. The fourth-order valence-electron chi connectivity index (χ4n) is 5.20. The van der Waals surface area contributed by atoms with Crippen molar-refractivity contribution in [1.29, 1.82) is 0 Å². The molecule has 0 radical (unpaired) electrons. The summed E-state index contributed by atoms with van der Waals surface area (Å²) >= 11 is 0. The molecule has 2 fully saturated rings. The molecule has 0 unspecified atom stereocenters. The Hall–Kier alpha value is -2.44. The summed E-state index contributed by atoms with van der Waals surface area (Å²) in [5.41, 5.74) is -0.293. The van der Waals surface area contributed by atoms with Crippen molar-refractivity contribution in [2.24, 2.45) is 17.3 Å². The average molecular weight is 359 g/mol. The number of fused-ring (bicyclic) bond motifs is 4. The molecule has 1 aromatic carbocycles. The Balaban J connectivity index is 1.95. The number of imide groups is 2. The van der Waals surface area contributed by atoms with Crippen molar-refractivity contribution < 1.29 is 18.8 Å². The molecule has 7 heteroatoms. The van der Waals surface area contributed by atoms with Gasteiger partial charge in [-0.2, -0.15) is 0 Å². The summed E-state index contributed by atoms with van der Waals surface area (Å²) in [5, 5.41) is 2.34. The first-order valence-corrected chi connectivity index (χ1v) is 8.95. The second-order valence-corrected chi connectivity index (χ2v) is 7.93. The topological polar surface area (TPSA) is 69.7 Å². The molecule has 1 aromatic rings. The number of rotatable bonds is 0. The monoisotopic (exact) mass is 359 g/mol. The Morgan fingerprint density at radius 3 is 2.69 bits per heavy atom. The zero-order chi connectivity index (χ0) is 18.8. The van der Waals surface area contributed by atoms with E-state index in [1.54, 1.807) is 12.1 Å². The van der Waals surface area contributed by atoms with E-state index in [2.05, 4.69) is 12.2 Å². The van der Waals surface area contributed by atoms with Gasteiger partial charge in [-0.05, 0) is 36.3 Å². The molecular weight excluding hydrogens is 337 g/mol. The number of halogens is 1. The van der Waals surface area contributed by atoms with Gasteiger partial charge in [0.25, 0.3) is 0 Å². The maximum absolute atomic E-state index is 14.7. The van der Waals surface area contributed by atoms with Crippen LogP contribution in [0, 0.1) is 23.1 Å². The highest BCUT2D eigenvalue weighted by molar-refractivity contribution is 6.20. The highest BCUT2D eigenvalue weighted by Crippen LogP contribution is 2.50. The number of anilines is 1. The van der Waals surface area contributed by atoms with Crippen LogP contribution < -0.4 is 10.2 Å². The number of hydrogen-bond acceptors (Lipinski definition) is 4. The summed E-state index contributed by atoms with van der Waals surface area (Å²) in [6, 6.07) is 3.58. The Labute approximate surface area is 151 Å². The molecule has 4 rings (SSSR count). The van der Waals surface area contributed by atoms with Crippen molar-refractivity contribution in [3.8, 4) is 0 Å². The van der Waals surface area contributed by atoms with Crippen molar-refractivity contribution in [2.45, 2.75) is 32.7 Å². The van der Waals surface area contributed by atoms with E-state index in [1.807, 2.05) is 11.8 Å². The maximum Gasteiger partial charge on any atom is 0.330 e. The van der Waals surface area contributed by atoms with E-state index in [1.165, 1.54) is 13.1 Å². The number of nitrogens with one attached hydrogen (secondary N) is 1. The number of amides is 4. The predicted molar refractivity (Wildman–Crippen MR) is 92.9 cm³/mol. The number of carbonyl (C=O) groups excluding carboxylic acids is 3. The maximum atomic E-state index is 14.7. The van der Waals surface area contributed by atoms with Gasteiger partial charge in [-0.15, -0.1) is 0 Å². The normalized spacial score (nSPS) is 33.8. The van der Waals surface area contributed by atoms with Gasteiger partial charge in [-0.1, -0.05) is 26.0 Å². The van der Waals surface area contributed by atoms with E-state index in [4.69, 9.17) is 0 Å². The SMILES string of the molecule is C[C@@H]1C[C@H](C)[C@@H]2N(C1)c1c(F)cccc1C[C@@]21C(=O)NC(=O)N(C)C1=O. The Bertz CT molecular complexity index is 826. The minimum Gasteiger partial charge on any atom is -0.364 e. The number of nitrogens with zero attached hydrogens (tertiary/aromatic N) is 2. The molecule has 1 N–H and O–H groups in total. The van der Waals surface area contributed by atoms with Crippen LogP contribution in [-0.4, -0.2) is 42.4 Å². The summed E-state index contributed by atoms with van der Waals surface area (Å²) in [6.45, 7) is 4.66. The fraction of sp³-hybridized carbons (Fsp3) is 0.526. The first kappa shape index (κ1) is 17.0. The number of hydrogen-bond donors (Lipinski definition) is 1. The van der Waals surface area contributed by atoms with Gasteiger partial charge in [0.05, 0.1) is 11.7 Å². The molecule has 4 amide bonds. The van der Waals surface area contributed by atoms with Crippen LogP contribution in [-0.2, 0) is 16.0 Å². The predicted octanol–water partition coefficient (Wildman–Crippen LogP) is 1.93. The molecule has 2 saturated heterocycles. The standard InChI is InChI=1S/C19H22FN3O3/c1-10-7-11(2)15-19(16(24)21-18(26)22(3)17(19)25)8-12-5-4-6-13(20)14(12)23(15)9-10/h4-6,10-11,15H,7-9H2,1-3H3,(H,21,24,26)/t10-,11+,15+,19+/m1/s1. The number of urea groups is 1. The number of benzene rings is 1. The fourth-order valence-corrected chi connectivity index (χ4v) is 5.20. The molecule has 1 spiro atoms. The first-order chi connectivity index (χ1) is 12.3. The van der Waals surface area contributed by atoms with Crippen LogP contribution in [0.15, 0.2) is 18.2 Å². The van der Waals surface area contributed by atoms with Gasteiger partial charge in [0.15, 0.2) is 5.41 Å². The van der Waals surface area contributed by atoms with Crippen LogP contribution in [0.3, 0.4) is 0 Å². The number of carbonyl (C=O) groups is 3. The van der Waals surface area contributed by atoms with E-state index < -0.39 is 29.3 Å². The van der Waals surface area contributed by atoms with Gasteiger partial charge in [-0.3, -0.25) is 19.8 Å². The lowest BCUT2D eigenvalue weighted by molar-refractivity contribution is -0.154. The minimum absolute atomic E-state index is 0.00260. The second-order valence-electron chi connectivity index (χ2n) is 7.93. The highest BCUT2D eigenvalue weighted by Gasteiger charge is 2.63. The van der Waals surface area contributed by atoms with Crippen LogP contribution in [0.2, 0.25) is 0 Å². The molecule has 3 heterocycles. The third-order valence-electron chi connectivity index (χ3n) is 6.11. The summed E-state index contributed by atoms with van der Waals surface area (Å²) in [5.74, 6) is -1.10. The summed E-state index contributed by atoms with van der Waals surface area (Å²) in [6.07, 6.45) is 0.938. The largest absolute Gasteiger partial charge is 0.364 e. The van der Waals surface area contributed by atoms with Gasteiger partial charge in [-0.25, -0.2) is 9.18 Å². The molecule has 0 bridgehead atoms. The molecule has 0 aliphatic carbocycles. The van der Waals surface area contributed by atoms with E-state index >= 15 is 0 Å². The smallest absolute Gasteiger partial charge is 0.330 e. The Morgan fingerprint density at radius 2 is 1.96 bits per heavy atom. The average Bonchev–Trinajstić information content (AvgIpc) is 2.57. The number of barbiturate groups is 1.